The van der Waals surface area contributed by atoms with Crippen molar-refractivity contribution in [3.05, 3.63) is 45.5 Å². The molecule has 0 aromatic heterocycles. The summed E-state index contributed by atoms with van der Waals surface area (Å²) in [6.45, 7) is 6.68. The summed E-state index contributed by atoms with van der Waals surface area (Å²) in [5.41, 5.74) is 0.958. The van der Waals surface area contributed by atoms with Gasteiger partial charge < -0.3 is 10.1 Å². The van der Waals surface area contributed by atoms with Gasteiger partial charge in [-0.05, 0) is 38.8 Å². The van der Waals surface area contributed by atoms with Gasteiger partial charge in [-0.15, -0.1) is 0 Å². The SMILES string of the molecule is Cc1ccccc1[C@H](C[N+](=O)[O-])NC(=O)OC(C)(C)C. The molecule has 0 aliphatic carbocycles. The number of carbonyl (C=O) groups excluding carboxylic acids is 1. The van der Waals surface area contributed by atoms with Crippen LogP contribution in [-0.2, 0) is 4.74 Å². The van der Waals surface area contributed by atoms with E-state index in [0.29, 0.717) is 0 Å². The molecule has 0 aliphatic rings. The maximum atomic E-state index is 11.8. The van der Waals surface area contributed by atoms with Crippen molar-refractivity contribution in [1.82, 2.24) is 5.32 Å². The molecule has 1 aromatic rings. The van der Waals surface area contributed by atoms with Gasteiger partial charge in [0.25, 0.3) is 0 Å². The third-order valence-corrected chi connectivity index (χ3v) is 2.59. The van der Waals surface area contributed by atoms with Gasteiger partial charge in [-0.1, -0.05) is 24.3 Å². The number of benzene rings is 1. The number of hydrogen-bond acceptors (Lipinski definition) is 4. The summed E-state index contributed by atoms with van der Waals surface area (Å²) in [7, 11) is 0. The second kappa shape index (κ2) is 6.36. The van der Waals surface area contributed by atoms with Gasteiger partial charge in [-0.3, -0.25) is 10.1 Å². The van der Waals surface area contributed by atoms with Crippen molar-refractivity contribution in [3.8, 4) is 0 Å². The summed E-state index contributed by atoms with van der Waals surface area (Å²) >= 11 is 0. The number of nitrogens with one attached hydrogen (secondary N) is 1. The summed E-state index contributed by atoms with van der Waals surface area (Å²) in [5.74, 6) is 0. The van der Waals surface area contributed by atoms with E-state index in [9.17, 15) is 14.9 Å². The first-order valence-corrected chi connectivity index (χ1v) is 6.36. The zero-order chi connectivity index (χ0) is 15.3. The second-order valence-electron chi connectivity index (χ2n) is 5.57. The lowest BCUT2D eigenvalue weighted by Gasteiger charge is -2.23. The van der Waals surface area contributed by atoms with Crippen molar-refractivity contribution in [2.75, 3.05) is 6.54 Å². The van der Waals surface area contributed by atoms with Crippen LogP contribution in [0, 0.1) is 17.0 Å². The van der Waals surface area contributed by atoms with E-state index in [0.717, 1.165) is 11.1 Å². The van der Waals surface area contributed by atoms with E-state index in [1.165, 1.54) is 0 Å². The fraction of sp³-hybridized carbons (Fsp3) is 0.500. The highest BCUT2D eigenvalue weighted by Crippen LogP contribution is 2.18. The monoisotopic (exact) mass is 280 g/mol. The smallest absolute Gasteiger partial charge is 0.408 e. The molecule has 6 heteroatoms. The number of nitrogens with zero attached hydrogens (tertiary/aromatic N) is 1. The lowest BCUT2D eigenvalue weighted by molar-refractivity contribution is -0.484. The molecule has 0 spiro atoms. The highest BCUT2D eigenvalue weighted by molar-refractivity contribution is 5.68. The average molecular weight is 280 g/mol. The van der Waals surface area contributed by atoms with Crippen LogP contribution in [0.25, 0.3) is 0 Å². The third-order valence-electron chi connectivity index (χ3n) is 2.59. The molecule has 0 unspecified atom stereocenters. The number of hydrogen-bond donors (Lipinski definition) is 1. The molecule has 0 aliphatic heterocycles. The Morgan fingerprint density at radius 3 is 2.50 bits per heavy atom. The van der Waals surface area contributed by atoms with Crippen molar-refractivity contribution in [1.29, 1.82) is 0 Å². The van der Waals surface area contributed by atoms with E-state index in [4.69, 9.17) is 4.74 Å². The molecule has 1 N–H and O–H groups in total. The highest BCUT2D eigenvalue weighted by Gasteiger charge is 2.24. The van der Waals surface area contributed by atoms with Crippen molar-refractivity contribution < 1.29 is 14.5 Å². The molecule has 20 heavy (non-hydrogen) atoms. The molecule has 0 radical (unpaired) electrons. The molecule has 0 fully saturated rings. The van der Waals surface area contributed by atoms with Gasteiger partial charge in [0.1, 0.15) is 11.6 Å². The number of ether oxygens (including phenoxy) is 1. The Balaban J connectivity index is 2.88. The number of amides is 1. The van der Waals surface area contributed by atoms with Crippen LogP contribution in [0.2, 0.25) is 0 Å². The largest absolute Gasteiger partial charge is 0.444 e. The lowest BCUT2D eigenvalue weighted by Crippen LogP contribution is -2.37. The van der Waals surface area contributed by atoms with Crippen molar-refractivity contribution in [2.45, 2.75) is 39.3 Å². The van der Waals surface area contributed by atoms with Gasteiger partial charge in [0.05, 0.1) is 0 Å². The number of aryl methyl sites for hydroxylation is 1. The molecule has 1 atom stereocenters. The van der Waals surface area contributed by atoms with E-state index in [-0.39, 0.29) is 6.54 Å². The van der Waals surface area contributed by atoms with E-state index in [1.54, 1.807) is 32.9 Å². The zero-order valence-electron chi connectivity index (χ0n) is 12.2. The van der Waals surface area contributed by atoms with E-state index in [1.807, 2.05) is 19.1 Å². The normalized spacial score (nSPS) is 12.6. The molecule has 6 nitrogen and oxygen atoms in total. The van der Waals surface area contributed by atoms with Crippen LogP contribution in [0.4, 0.5) is 4.79 Å². The predicted octanol–water partition coefficient (Wildman–Crippen LogP) is 2.84. The minimum atomic E-state index is -0.707. The molecule has 0 heterocycles. The Bertz CT molecular complexity index is 494. The molecule has 1 aromatic carbocycles. The maximum absolute atomic E-state index is 11.8. The minimum absolute atomic E-state index is 0.385. The van der Waals surface area contributed by atoms with Crippen molar-refractivity contribution in [3.63, 3.8) is 0 Å². The van der Waals surface area contributed by atoms with Crippen LogP contribution in [-0.4, -0.2) is 23.2 Å². The maximum Gasteiger partial charge on any atom is 0.408 e. The molecule has 0 saturated heterocycles. The summed E-state index contributed by atoms with van der Waals surface area (Å²) in [6.07, 6.45) is -0.660. The van der Waals surface area contributed by atoms with Crippen molar-refractivity contribution >= 4 is 6.09 Å². The molecule has 1 rings (SSSR count). The molecule has 1 amide bonds. The van der Waals surface area contributed by atoms with Crippen LogP contribution in [0.15, 0.2) is 24.3 Å². The Hall–Kier alpha value is -2.11. The summed E-state index contributed by atoms with van der Waals surface area (Å²) in [5, 5.41) is 13.3. The van der Waals surface area contributed by atoms with Crippen LogP contribution < -0.4 is 5.32 Å². The van der Waals surface area contributed by atoms with Gasteiger partial charge in [-0.2, -0.15) is 0 Å². The standard InChI is InChI=1S/C14H20N2O4/c1-10-7-5-6-8-11(10)12(9-16(18)19)15-13(17)20-14(2,3)4/h5-8,12H,9H2,1-4H3,(H,15,17)/t12-/m0/s1. The van der Waals surface area contributed by atoms with Gasteiger partial charge >= 0.3 is 6.09 Å². The number of carbonyl (C=O) groups is 1. The van der Waals surface area contributed by atoms with Crippen LogP contribution in [0.3, 0.4) is 0 Å². The van der Waals surface area contributed by atoms with Crippen LogP contribution in [0.5, 0.6) is 0 Å². The Labute approximate surface area is 118 Å². The quantitative estimate of drug-likeness (QED) is 0.679. The first-order valence-electron chi connectivity index (χ1n) is 6.36. The van der Waals surface area contributed by atoms with Gasteiger partial charge in [0.2, 0.25) is 6.54 Å². The fourth-order valence-corrected chi connectivity index (χ4v) is 1.80. The third kappa shape index (κ3) is 5.26. The van der Waals surface area contributed by atoms with Gasteiger partial charge in [-0.25, -0.2) is 4.79 Å². The summed E-state index contributed by atoms with van der Waals surface area (Å²) < 4.78 is 5.14. The predicted molar refractivity (Wildman–Crippen MR) is 75.2 cm³/mol. The van der Waals surface area contributed by atoms with E-state index < -0.39 is 22.7 Å². The zero-order valence-corrected chi connectivity index (χ0v) is 12.2. The number of nitro groups is 1. The molecule has 0 bridgehead atoms. The van der Waals surface area contributed by atoms with Gasteiger partial charge in [0.15, 0.2) is 0 Å². The average Bonchev–Trinajstić information content (AvgIpc) is 2.25. The minimum Gasteiger partial charge on any atom is -0.444 e. The molecule has 0 saturated carbocycles. The molecular formula is C14H20N2O4. The Morgan fingerprint density at radius 1 is 1.40 bits per heavy atom. The number of alkyl carbamates (subject to hydrolysis) is 1. The van der Waals surface area contributed by atoms with E-state index >= 15 is 0 Å². The first kappa shape index (κ1) is 15.9. The lowest BCUT2D eigenvalue weighted by atomic mass is 10.0. The fourth-order valence-electron chi connectivity index (χ4n) is 1.80. The Morgan fingerprint density at radius 2 is 2.00 bits per heavy atom. The first-order chi connectivity index (χ1) is 9.19. The number of rotatable bonds is 4. The van der Waals surface area contributed by atoms with Gasteiger partial charge in [0, 0.05) is 4.92 Å². The highest BCUT2D eigenvalue weighted by atomic mass is 16.6. The van der Waals surface area contributed by atoms with Crippen molar-refractivity contribution in [2.24, 2.45) is 0 Å². The molecular weight excluding hydrogens is 260 g/mol. The summed E-state index contributed by atoms with van der Waals surface area (Å²) in [6, 6.07) is 6.53. The van der Waals surface area contributed by atoms with Crippen LogP contribution in [0.1, 0.15) is 37.9 Å². The van der Waals surface area contributed by atoms with E-state index in [2.05, 4.69) is 5.32 Å². The molecule has 110 valence electrons. The topological polar surface area (TPSA) is 81.5 Å². The summed E-state index contributed by atoms with van der Waals surface area (Å²) in [4.78, 5) is 22.1. The Kier molecular flexibility index (Phi) is 5.07. The van der Waals surface area contributed by atoms with Crippen LogP contribution >= 0.6 is 0 Å². The second-order valence-corrected chi connectivity index (χ2v) is 5.57.